The summed E-state index contributed by atoms with van der Waals surface area (Å²) in [7, 11) is 1.77. The smallest absolute Gasteiger partial charge is 0.323 e. The molecule has 23 heavy (non-hydrogen) atoms. The van der Waals surface area contributed by atoms with Crippen LogP contribution in [0.2, 0.25) is 0 Å². The predicted octanol–water partition coefficient (Wildman–Crippen LogP) is 1.83. The fourth-order valence-electron chi connectivity index (χ4n) is 2.26. The van der Waals surface area contributed by atoms with Crippen LogP contribution in [-0.2, 0) is 23.0 Å². The number of ether oxygens (including phenoxy) is 1. The van der Waals surface area contributed by atoms with Crippen molar-refractivity contribution in [2.24, 2.45) is 12.8 Å². The van der Waals surface area contributed by atoms with Gasteiger partial charge in [0.1, 0.15) is 11.9 Å². The number of esters is 1. The summed E-state index contributed by atoms with van der Waals surface area (Å²) >= 11 is 0. The number of aromatic nitrogens is 1. The van der Waals surface area contributed by atoms with Crippen LogP contribution in [0.15, 0.2) is 36.5 Å². The lowest BCUT2D eigenvalue weighted by Crippen LogP contribution is -2.34. The SMILES string of the molecule is CCOC(=O)C(N)Cc1cc(C(=O)c2ccc(F)cc2)cn1C. The van der Waals surface area contributed by atoms with Gasteiger partial charge in [0.25, 0.3) is 0 Å². The third-order valence-corrected chi connectivity index (χ3v) is 3.49. The molecule has 2 aromatic rings. The minimum absolute atomic E-state index is 0.212. The number of rotatable bonds is 6. The molecule has 2 N–H and O–H groups in total. The van der Waals surface area contributed by atoms with Crippen LogP contribution in [0.4, 0.5) is 4.39 Å². The minimum Gasteiger partial charge on any atom is -0.465 e. The fraction of sp³-hybridized carbons (Fsp3) is 0.294. The van der Waals surface area contributed by atoms with Crippen molar-refractivity contribution in [2.45, 2.75) is 19.4 Å². The quantitative estimate of drug-likeness (QED) is 0.651. The second kappa shape index (κ2) is 7.19. The predicted molar refractivity (Wildman–Crippen MR) is 83.6 cm³/mol. The summed E-state index contributed by atoms with van der Waals surface area (Å²) in [6.07, 6.45) is 1.94. The van der Waals surface area contributed by atoms with Crippen LogP contribution in [0.5, 0.6) is 0 Å². The zero-order valence-corrected chi connectivity index (χ0v) is 13.1. The van der Waals surface area contributed by atoms with Gasteiger partial charge in [0, 0.05) is 36.5 Å². The highest BCUT2D eigenvalue weighted by atomic mass is 19.1. The van der Waals surface area contributed by atoms with Crippen molar-refractivity contribution in [3.05, 3.63) is 59.2 Å². The molecular formula is C17H19FN2O3. The van der Waals surface area contributed by atoms with E-state index in [9.17, 15) is 14.0 Å². The van der Waals surface area contributed by atoms with E-state index in [0.29, 0.717) is 11.1 Å². The Bertz CT molecular complexity index is 707. The Balaban J connectivity index is 2.15. The third kappa shape index (κ3) is 4.04. The van der Waals surface area contributed by atoms with Crippen molar-refractivity contribution < 1.29 is 18.7 Å². The lowest BCUT2D eigenvalue weighted by Gasteiger charge is -2.10. The lowest BCUT2D eigenvalue weighted by molar-refractivity contribution is -0.144. The number of carbonyl (C=O) groups excluding carboxylic acids is 2. The summed E-state index contributed by atoms with van der Waals surface area (Å²) in [6.45, 7) is 1.99. The van der Waals surface area contributed by atoms with Crippen molar-refractivity contribution in [2.75, 3.05) is 6.61 Å². The molecule has 0 spiro atoms. The van der Waals surface area contributed by atoms with Crippen LogP contribution in [0.3, 0.4) is 0 Å². The average Bonchev–Trinajstić information content (AvgIpc) is 2.88. The fourth-order valence-corrected chi connectivity index (χ4v) is 2.26. The number of carbonyl (C=O) groups is 2. The van der Waals surface area contributed by atoms with Gasteiger partial charge in [0.2, 0.25) is 0 Å². The number of ketones is 1. The van der Waals surface area contributed by atoms with Crippen molar-refractivity contribution in [1.29, 1.82) is 0 Å². The number of aryl methyl sites for hydroxylation is 1. The van der Waals surface area contributed by atoms with Crippen LogP contribution < -0.4 is 5.73 Å². The van der Waals surface area contributed by atoms with Crippen LogP contribution in [0.1, 0.15) is 28.5 Å². The molecule has 0 amide bonds. The lowest BCUT2D eigenvalue weighted by atomic mass is 10.1. The van der Waals surface area contributed by atoms with Gasteiger partial charge in [-0.3, -0.25) is 9.59 Å². The number of hydrogen-bond acceptors (Lipinski definition) is 4. The Morgan fingerprint density at radius 3 is 2.52 bits per heavy atom. The number of nitrogens with zero attached hydrogens (tertiary/aromatic N) is 1. The van der Waals surface area contributed by atoms with Gasteiger partial charge in [-0.1, -0.05) is 0 Å². The number of benzene rings is 1. The monoisotopic (exact) mass is 318 g/mol. The van der Waals surface area contributed by atoms with E-state index in [1.165, 1.54) is 24.3 Å². The molecule has 5 nitrogen and oxygen atoms in total. The Morgan fingerprint density at radius 1 is 1.26 bits per heavy atom. The molecule has 0 fully saturated rings. The molecule has 122 valence electrons. The Morgan fingerprint density at radius 2 is 1.91 bits per heavy atom. The Hall–Kier alpha value is -2.47. The van der Waals surface area contributed by atoms with Gasteiger partial charge in [0.05, 0.1) is 6.61 Å². The van der Waals surface area contributed by atoms with Gasteiger partial charge >= 0.3 is 5.97 Å². The second-order valence-electron chi connectivity index (χ2n) is 5.23. The largest absolute Gasteiger partial charge is 0.465 e. The number of nitrogens with two attached hydrogens (primary N) is 1. The molecule has 6 heteroatoms. The molecule has 1 aromatic carbocycles. The Labute approximate surface area is 133 Å². The first-order chi connectivity index (χ1) is 10.9. The molecule has 0 bridgehead atoms. The topological polar surface area (TPSA) is 74.3 Å². The van der Waals surface area contributed by atoms with Gasteiger partial charge in [-0.2, -0.15) is 0 Å². The molecule has 1 unspecified atom stereocenters. The summed E-state index contributed by atoms with van der Waals surface area (Å²) < 4.78 is 19.6. The number of halogens is 1. The molecular weight excluding hydrogens is 299 g/mol. The molecule has 0 aliphatic heterocycles. The molecule has 1 atom stereocenters. The molecule has 0 radical (unpaired) electrons. The molecule has 1 aromatic heterocycles. The zero-order valence-electron chi connectivity index (χ0n) is 13.1. The van der Waals surface area contributed by atoms with Crippen LogP contribution in [-0.4, -0.2) is 29.0 Å². The van der Waals surface area contributed by atoms with E-state index < -0.39 is 17.8 Å². The normalized spacial score (nSPS) is 12.0. The average molecular weight is 318 g/mol. The van der Waals surface area contributed by atoms with E-state index in [1.54, 1.807) is 30.8 Å². The number of hydrogen-bond donors (Lipinski definition) is 1. The van der Waals surface area contributed by atoms with Crippen LogP contribution in [0.25, 0.3) is 0 Å². The first kappa shape index (κ1) is 16.9. The summed E-state index contributed by atoms with van der Waals surface area (Å²) in [5.41, 5.74) is 7.41. The highest BCUT2D eigenvalue weighted by Gasteiger charge is 2.19. The van der Waals surface area contributed by atoms with E-state index >= 15 is 0 Å². The van der Waals surface area contributed by atoms with Crippen LogP contribution in [0, 0.1) is 5.82 Å². The van der Waals surface area contributed by atoms with Gasteiger partial charge < -0.3 is 15.0 Å². The minimum atomic E-state index is -0.780. The summed E-state index contributed by atoms with van der Waals surface area (Å²) in [5, 5.41) is 0. The van der Waals surface area contributed by atoms with E-state index in [1.807, 2.05) is 0 Å². The summed E-state index contributed by atoms with van der Waals surface area (Å²) in [4.78, 5) is 24.0. The van der Waals surface area contributed by atoms with Gasteiger partial charge in [0.15, 0.2) is 5.78 Å². The van der Waals surface area contributed by atoms with E-state index in [2.05, 4.69) is 0 Å². The maximum atomic E-state index is 12.9. The first-order valence-corrected chi connectivity index (χ1v) is 7.30. The Kier molecular flexibility index (Phi) is 5.28. The zero-order chi connectivity index (χ0) is 17.0. The van der Waals surface area contributed by atoms with Crippen molar-refractivity contribution >= 4 is 11.8 Å². The molecule has 1 heterocycles. The standard InChI is InChI=1S/C17H19FN2O3/c1-3-23-17(22)15(19)9-14-8-12(10-20(14)2)16(21)11-4-6-13(18)7-5-11/h4-8,10,15H,3,9,19H2,1-2H3. The van der Waals surface area contributed by atoms with Crippen LogP contribution >= 0.6 is 0 Å². The summed E-state index contributed by atoms with van der Waals surface area (Å²) in [6, 6.07) is 6.27. The van der Waals surface area contributed by atoms with Gasteiger partial charge in [-0.25, -0.2) is 4.39 Å². The highest BCUT2D eigenvalue weighted by molar-refractivity contribution is 6.09. The van der Waals surface area contributed by atoms with Crippen molar-refractivity contribution in [1.82, 2.24) is 4.57 Å². The molecule has 0 saturated carbocycles. The maximum Gasteiger partial charge on any atom is 0.323 e. The maximum absolute atomic E-state index is 12.9. The van der Waals surface area contributed by atoms with E-state index in [4.69, 9.17) is 10.5 Å². The van der Waals surface area contributed by atoms with Crippen molar-refractivity contribution in [3.8, 4) is 0 Å². The van der Waals surface area contributed by atoms with E-state index in [0.717, 1.165) is 5.69 Å². The second-order valence-corrected chi connectivity index (χ2v) is 5.23. The third-order valence-electron chi connectivity index (χ3n) is 3.49. The first-order valence-electron chi connectivity index (χ1n) is 7.30. The highest BCUT2D eigenvalue weighted by Crippen LogP contribution is 2.15. The molecule has 0 aliphatic carbocycles. The molecule has 2 rings (SSSR count). The molecule has 0 saturated heterocycles. The summed E-state index contributed by atoms with van der Waals surface area (Å²) in [5.74, 6) is -1.08. The van der Waals surface area contributed by atoms with E-state index in [-0.39, 0.29) is 18.8 Å². The van der Waals surface area contributed by atoms with Gasteiger partial charge in [-0.15, -0.1) is 0 Å². The van der Waals surface area contributed by atoms with Gasteiger partial charge in [-0.05, 0) is 37.3 Å². The molecule has 0 aliphatic rings. The van der Waals surface area contributed by atoms with Crippen molar-refractivity contribution in [3.63, 3.8) is 0 Å².